The fourth-order valence-corrected chi connectivity index (χ4v) is 4.89. The second kappa shape index (κ2) is 7.59. The molecule has 0 saturated heterocycles. The van der Waals surface area contributed by atoms with E-state index in [1.54, 1.807) is 7.11 Å². The van der Waals surface area contributed by atoms with E-state index in [4.69, 9.17) is 4.74 Å². The van der Waals surface area contributed by atoms with Crippen LogP contribution in [-0.4, -0.2) is 18.4 Å². The van der Waals surface area contributed by atoms with Crippen molar-refractivity contribution >= 4 is 11.8 Å². The van der Waals surface area contributed by atoms with E-state index in [0.717, 1.165) is 5.75 Å². The van der Waals surface area contributed by atoms with Crippen molar-refractivity contribution in [3.8, 4) is 11.8 Å². The molecule has 3 nitrogen and oxygen atoms in total. The first kappa shape index (κ1) is 18.2. The normalized spacial score (nSPS) is 24.0. The van der Waals surface area contributed by atoms with Gasteiger partial charge in [0.25, 0.3) is 0 Å². The summed E-state index contributed by atoms with van der Waals surface area (Å²) in [6.45, 7) is 9.10. The van der Waals surface area contributed by atoms with Crippen molar-refractivity contribution in [3.05, 3.63) is 23.3 Å². The maximum Gasteiger partial charge on any atom is 0.137 e. The molecule has 0 aromatic heterocycles. The van der Waals surface area contributed by atoms with Crippen molar-refractivity contribution in [1.29, 1.82) is 5.26 Å². The van der Waals surface area contributed by atoms with Gasteiger partial charge in [-0.15, -0.1) is 11.8 Å². The Hall–Kier alpha value is -1.18. The van der Waals surface area contributed by atoms with Crippen LogP contribution in [0, 0.1) is 17.2 Å². The summed E-state index contributed by atoms with van der Waals surface area (Å²) < 4.78 is 5.40. The molecule has 2 atom stereocenters. The molecular weight excluding hydrogens is 304 g/mol. The van der Waals surface area contributed by atoms with Crippen molar-refractivity contribution in [2.24, 2.45) is 5.92 Å². The lowest BCUT2D eigenvalue weighted by molar-refractivity contribution is 0.222. The van der Waals surface area contributed by atoms with Crippen LogP contribution in [0.3, 0.4) is 0 Å². The van der Waals surface area contributed by atoms with E-state index in [0.29, 0.717) is 17.2 Å². The van der Waals surface area contributed by atoms with Crippen molar-refractivity contribution in [2.45, 2.75) is 63.4 Å². The highest BCUT2D eigenvalue weighted by Gasteiger charge is 2.37. The van der Waals surface area contributed by atoms with Crippen molar-refractivity contribution in [3.63, 3.8) is 0 Å². The van der Waals surface area contributed by atoms with E-state index in [9.17, 15) is 5.26 Å². The average Bonchev–Trinajstić information content (AvgIpc) is 2.69. The maximum absolute atomic E-state index is 9.34. The zero-order chi connectivity index (χ0) is 17.0. The smallest absolute Gasteiger partial charge is 0.137 e. The lowest BCUT2D eigenvalue weighted by Crippen LogP contribution is -2.52. The molecule has 1 aliphatic rings. The molecule has 1 aromatic carbocycles. The second-order valence-corrected chi connectivity index (χ2v) is 7.79. The molecule has 1 N–H and O–H groups in total. The Bertz CT molecular complexity index is 594. The van der Waals surface area contributed by atoms with Gasteiger partial charge in [0.15, 0.2) is 0 Å². The second-order valence-electron chi connectivity index (χ2n) is 6.77. The molecule has 0 bridgehead atoms. The van der Waals surface area contributed by atoms with Crippen LogP contribution in [0.2, 0.25) is 0 Å². The monoisotopic (exact) mass is 332 g/mol. The summed E-state index contributed by atoms with van der Waals surface area (Å²) in [6, 6.07) is 6.53. The highest BCUT2D eigenvalue weighted by atomic mass is 32.2. The SMILES string of the molecule is CCCC[C@]1(C(C)C)CSc2cc(C#N)c(OC)cc2C(C)N1. The number of methoxy groups -OCH3 is 1. The molecule has 0 aliphatic carbocycles. The minimum Gasteiger partial charge on any atom is -0.495 e. The van der Waals surface area contributed by atoms with Crippen LogP contribution >= 0.6 is 11.8 Å². The Morgan fingerprint density at radius 2 is 2.22 bits per heavy atom. The highest BCUT2D eigenvalue weighted by Crippen LogP contribution is 2.42. The number of nitrogens with zero attached hydrogens (tertiary/aromatic N) is 1. The van der Waals surface area contributed by atoms with Crippen LogP contribution in [0.4, 0.5) is 0 Å². The molecular formula is C19H28N2OS. The van der Waals surface area contributed by atoms with Gasteiger partial charge in [-0.1, -0.05) is 33.6 Å². The Kier molecular flexibility index (Phi) is 6.00. The molecule has 1 aliphatic heterocycles. The zero-order valence-electron chi connectivity index (χ0n) is 14.9. The number of hydrogen-bond donors (Lipinski definition) is 1. The van der Waals surface area contributed by atoms with Gasteiger partial charge in [-0.05, 0) is 37.0 Å². The number of ether oxygens (including phenoxy) is 1. The predicted molar refractivity (Wildman–Crippen MR) is 97.1 cm³/mol. The first-order chi connectivity index (χ1) is 11.0. The number of rotatable bonds is 5. The molecule has 4 heteroatoms. The van der Waals surface area contributed by atoms with Crippen molar-refractivity contribution in [1.82, 2.24) is 5.32 Å². The molecule has 23 heavy (non-hydrogen) atoms. The summed E-state index contributed by atoms with van der Waals surface area (Å²) in [6.07, 6.45) is 3.64. The maximum atomic E-state index is 9.34. The lowest BCUT2D eigenvalue weighted by Gasteiger charge is -2.39. The summed E-state index contributed by atoms with van der Waals surface area (Å²) in [7, 11) is 1.63. The van der Waals surface area contributed by atoms with E-state index < -0.39 is 0 Å². The van der Waals surface area contributed by atoms with Gasteiger partial charge in [-0.25, -0.2) is 0 Å². The molecule has 0 radical (unpaired) electrons. The average molecular weight is 333 g/mol. The minimum absolute atomic E-state index is 0.138. The first-order valence-corrected chi connectivity index (χ1v) is 9.48. The van der Waals surface area contributed by atoms with Gasteiger partial charge in [-0.2, -0.15) is 5.26 Å². The number of fused-ring (bicyclic) bond motifs is 1. The van der Waals surface area contributed by atoms with Crippen LogP contribution in [0.1, 0.15) is 64.1 Å². The number of thioether (sulfide) groups is 1. The molecule has 0 fully saturated rings. The third-order valence-corrected chi connectivity index (χ3v) is 6.31. The van der Waals surface area contributed by atoms with Crippen LogP contribution in [-0.2, 0) is 0 Å². The van der Waals surface area contributed by atoms with Crippen LogP contribution in [0.15, 0.2) is 17.0 Å². The fraction of sp³-hybridized carbons (Fsp3) is 0.632. The van der Waals surface area contributed by atoms with Crippen LogP contribution < -0.4 is 10.1 Å². The number of nitriles is 1. The molecule has 0 saturated carbocycles. The largest absolute Gasteiger partial charge is 0.495 e. The lowest BCUT2D eigenvalue weighted by atomic mass is 9.82. The van der Waals surface area contributed by atoms with E-state index in [1.165, 1.54) is 29.7 Å². The third kappa shape index (κ3) is 3.67. The quantitative estimate of drug-likeness (QED) is 0.832. The first-order valence-electron chi connectivity index (χ1n) is 8.50. The highest BCUT2D eigenvalue weighted by molar-refractivity contribution is 7.99. The van der Waals surface area contributed by atoms with Gasteiger partial charge in [0, 0.05) is 22.2 Å². The summed E-state index contributed by atoms with van der Waals surface area (Å²) in [4.78, 5) is 1.21. The van der Waals surface area contributed by atoms with Gasteiger partial charge in [0.05, 0.1) is 12.7 Å². The van der Waals surface area contributed by atoms with Gasteiger partial charge >= 0.3 is 0 Å². The van der Waals surface area contributed by atoms with Gasteiger partial charge in [0.2, 0.25) is 0 Å². The molecule has 1 aromatic rings. The number of nitrogens with one attached hydrogen (secondary N) is 1. The minimum atomic E-state index is 0.138. The summed E-state index contributed by atoms with van der Waals surface area (Å²) in [5, 5.41) is 13.3. The van der Waals surface area contributed by atoms with E-state index in [-0.39, 0.29) is 11.6 Å². The van der Waals surface area contributed by atoms with Gasteiger partial charge in [-0.3, -0.25) is 0 Å². The van der Waals surface area contributed by atoms with Crippen LogP contribution in [0.5, 0.6) is 5.75 Å². The Labute approximate surface area is 144 Å². The van der Waals surface area contributed by atoms with Crippen LogP contribution in [0.25, 0.3) is 0 Å². The van der Waals surface area contributed by atoms with Gasteiger partial charge < -0.3 is 10.1 Å². The summed E-state index contributed by atoms with van der Waals surface area (Å²) in [5.74, 6) is 2.28. The molecule has 1 heterocycles. The van der Waals surface area contributed by atoms with Crippen molar-refractivity contribution < 1.29 is 4.74 Å². The van der Waals surface area contributed by atoms with E-state index in [1.807, 2.05) is 23.9 Å². The summed E-state index contributed by atoms with van der Waals surface area (Å²) >= 11 is 1.88. The van der Waals surface area contributed by atoms with Gasteiger partial charge in [0.1, 0.15) is 11.8 Å². The van der Waals surface area contributed by atoms with E-state index >= 15 is 0 Å². The number of hydrogen-bond acceptors (Lipinski definition) is 4. The molecule has 126 valence electrons. The zero-order valence-corrected chi connectivity index (χ0v) is 15.7. The Balaban J connectivity index is 2.40. The number of unbranched alkanes of at least 4 members (excludes halogenated alkanes) is 1. The number of benzene rings is 1. The third-order valence-electron chi connectivity index (χ3n) is 4.99. The molecule has 2 rings (SSSR count). The molecule has 0 amide bonds. The predicted octanol–water partition coefficient (Wildman–Crippen LogP) is 4.91. The van der Waals surface area contributed by atoms with E-state index in [2.05, 4.69) is 39.1 Å². The van der Waals surface area contributed by atoms with Crippen molar-refractivity contribution in [2.75, 3.05) is 12.9 Å². The topological polar surface area (TPSA) is 45.0 Å². The Morgan fingerprint density at radius 1 is 1.48 bits per heavy atom. The fourth-order valence-electron chi connectivity index (χ4n) is 3.31. The summed E-state index contributed by atoms with van der Waals surface area (Å²) in [5.41, 5.74) is 2.00. The Morgan fingerprint density at radius 3 is 2.78 bits per heavy atom. The molecule has 1 unspecified atom stereocenters. The molecule has 0 spiro atoms. The standard InChI is InChI=1S/C19H28N2OS/c1-6-7-8-19(13(2)3)12-23-18-9-15(11-20)17(22-5)10-16(18)14(4)21-19/h9-10,13-14,21H,6-8,12H2,1-5H3/t14?,19-/m1/s1.